The number of hydrogen-bond acceptors (Lipinski definition) is 2. The molecule has 1 fully saturated rings. The van der Waals surface area contributed by atoms with Crippen molar-refractivity contribution < 1.29 is 5.11 Å². The first-order valence-corrected chi connectivity index (χ1v) is 7.16. The fourth-order valence-electron chi connectivity index (χ4n) is 3.11. The van der Waals surface area contributed by atoms with Crippen molar-refractivity contribution >= 4 is 0 Å². The molecule has 1 unspecified atom stereocenters. The first-order chi connectivity index (χ1) is 8.65. The molecule has 18 heavy (non-hydrogen) atoms. The number of benzene rings is 1. The molecular formula is C16H25NO. The molecule has 0 saturated heterocycles. The van der Waals surface area contributed by atoms with Gasteiger partial charge in [0.1, 0.15) is 0 Å². The summed E-state index contributed by atoms with van der Waals surface area (Å²) in [6, 6.07) is 10.9. The van der Waals surface area contributed by atoms with Crippen molar-refractivity contribution in [1.29, 1.82) is 0 Å². The third-order valence-corrected chi connectivity index (χ3v) is 4.44. The molecule has 2 heteroatoms. The lowest BCUT2D eigenvalue weighted by Gasteiger charge is -2.40. The normalized spacial score (nSPS) is 30.1. The van der Waals surface area contributed by atoms with Gasteiger partial charge in [-0.2, -0.15) is 0 Å². The lowest BCUT2D eigenvalue weighted by molar-refractivity contribution is -0.0288. The van der Waals surface area contributed by atoms with Gasteiger partial charge in [-0.15, -0.1) is 0 Å². The molecule has 2 N–H and O–H groups in total. The van der Waals surface area contributed by atoms with E-state index < -0.39 is 5.60 Å². The molecule has 1 aromatic rings. The second kappa shape index (κ2) is 5.85. The summed E-state index contributed by atoms with van der Waals surface area (Å²) < 4.78 is 0. The van der Waals surface area contributed by atoms with Crippen LogP contribution in [0.5, 0.6) is 0 Å². The van der Waals surface area contributed by atoms with E-state index in [4.69, 9.17) is 0 Å². The first kappa shape index (κ1) is 13.6. The maximum atomic E-state index is 10.7. The predicted molar refractivity (Wildman–Crippen MR) is 75.7 cm³/mol. The van der Waals surface area contributed by atoms with E-state index in [1.807, 2.05) is 0 Å². The highest BCUT2D eigenvalue weighted by atomic mass is 16.3. The monoisotopic (exact) mass is 247 g/mol. The zero-order chi connectivity index (χ0) is 13.0. The van der Waals surface area contributed by atoms with Crippen molar-refractivity contribution in [3.8, 4) is 0 Å². The molecule has 0 aromatic heterocycles. The Morgan fingerprint density at radius 2 is 1.89 bits per heavy atom. The van der Waals surface area contributed by atoms with Crippen molar-refractivity contribution in [3.05, 3.63) is 35.9 Å². The summed E-state index contributed by atoms with van der Waals surface area (Å²) in [5, 5.41) is 14.0. The number of likely N-dealkylation sites (N-methyl/N-ethyl adjacent to an activating group) is 1. The van der Waals surface area contributed by atoms with E-state index in [9.17, 15) is 5.11 Å². The van der Waals surface area contributed by atoms with E-state index in [2.05, 4.69) is 49.5 Å². The molecule has 0 amide bonds. The molecule has 2 nitrogen and oxygen atoms in total. The maximum absolute atomic E-state index is 10.7. The molecule has 1 saturated carbocycles. The van der Waals surface area contributed by atoms with Gasteiger partial charge in [-0.25, -0.2) is 0 Å². The van der Waals surface area contributed by atoms with Gasteiger partial charge in [-0.1, -0.05) is 37.3 Å². The topological polar surface area (TPSA) is 32.3 Å². The van der Waals surface area contributed by atoms with Crippen LogP contribution in [-0.2, 0) is 0 Å². The highest BCUT2D eigenvalue weighted by molar-refractivity contribution is 5.20. The lowest BCUT2D eigenvalue weighted by atomic mass is 9.73. The standard InChI is InChI=1S/C16H25NO/c1-3-17-13(2)16(18)11-9-15(10-12-16)14-7-5-4-6-8-14/h4-8,13,15,17-18H,3,9-12H2,1-2H3. The lowest BCUT2D eigenvalue weighted by Crippen LogP contribution is -2.50. The van der Waals surface area contributed by atoms with Crippen molar-refractivity contribution in [3.63, 3.8) is 0 Å². The smallest absolute Gasteiger partial charge is 0.0797 e. The minimum atomic E-state index is -0.513. The van der Waals surface area contributed by atoms with Crippen molar-refractivity contribution in [2.45, 2.75) is 57.1 Å². The van der Waals surface area contributed by atoms with Crippen molar-refractivity contribution in [2.24, 2.45) is 0 Å². The van der Waals surface area contributed by atoms with E-state index in [-0.39, 0.29) is 6.04 Å². The number of nitrogens with one attached hydrogen (secondary N) is 1. The van der Waals surface area contributed by atoms with Gasteiger partial charge in [-0.05, 0) is 50.6 Å². The van der Waals surface area contributed by atoms with Crippen LogP contribution < -0.4 is 5.32 Å². The van der Waals surface area contributed by atoms with E-state index >= 15 is 0 Å². The molecule has 1 aliphatic rings. The van der Waals surface area contributed by atoms with Crippen LogP contribution in [-0.4, -0.2) is 23.3 Å². The minimum absolute atomic E-state index is 0.194. The summed E-state index contributed by atoms with van der Waals surface area (Å²) in [4.78, 5) is 0. The molecule has 0 heterocycles. The molecule has 1 atom stereocenters. The van der Waals surface area contributed by atoms with Gasteiger partial charge in [0.05, 0.1) is 5.60 Å². The zero-order valence-corrected chi connectivity index (χ0v) is 11.5. The first-order valence-electron chi connectivity index (χ1n) is 7.16. The van der Waals surface area contributed by atoms with Crippen LogP contribution in [0.3, 0.4) is 0 Å². The van der Waals surface area contributed by atoms with E-state index in [1.165, 1.54) is 5.56 Å². The number of rotatable bonds is 4. The quantitative estimate of drug-likeness (QED) is 0.857. The van der Waals surface area contributed by atoms with Gasteiger partial charge < -0.3 is 10.4 Å². The molecule has 1 aliphatic carbocycles. The Balaban J connectivity index is 1.95. The Morgan fingerprint density at radius 3 is 2.44 bits per heavy atom. The van der Waals surface area contributed by atoms with E-state index in [0.29, 0.717) is 5.92 Å². The molecule has 0 radical (unpaired) electrons. The highest BCUT2D eigenvalue weighted by Gasteiger charge is 2.37. The summed E-state index contributed by atoms with van der Waals surface area (Å²) in [5.74, 6) is 0.625. The zero-order valence-electron chi connectivity index (χ0n) is 11.5. The SMILES string of the molecule is CCNC(C)C1(O)CCC(c2ccccc2)CC1. The molecular weight excluding hydrogens is 222 g/mol. The third kappa shape index (κ3) is 2.93. The van der Waals surface area contributed by atoms with Crippen LogP contribution in [0.2, 0.25) is 0 Å². The molecule has 1 aromatic carbocycles. The second-order valence-corrected chi connectivity index (χ2v) is 5.57. The summed E-state index contributed by atoms with van der Waals surface area (Å²) in [6.45, 7) is 5.12. The highest BCUT2D eigenvalue weighted by Crippen LogP contribution is 2.39. The van der Waals surface area contributed by atoms with Crippen molar-refractivity contribution in [2.75, 3.05) is 6.54 Å². The third-order valence-electron chi connectivity index (χ3n) is 4.44. The average molecular weight is 247 g/mol. The van der Waals surface area contributed by atoms with E-state index in [1.54, 1.807) is 0 Å². The molecule has 2 rings (SSSR count). The summed E-state index contributed by atoms with van der Waals surface area (Å²) >= 11 is 0. The van der Waals surface area contributed by atoms with Gasteiger partial charge in [0.15, 0.2) is 0 Å². The fraction of sp³-hybridized carbons (Fsp3) is 0.625. The van der Waals surface area contributed by atoms with Gasteiger partial charge in [-0.3, -0.25) is 0 Å². The van der Waals surface area contributed by atoms with Crippen LogP contribution >= 0.6 is 0 Å². The van der Waals surface area contributed by atoms with Crippen LogP contribution in [0.25, 0.3) is 0 Å². The predicted octanol–water partition coefficient (Wildman–Crippen LogP) is 3.07. The Morgan fingerprint density at radius 1 is 1.28 bits per heavy atom. The fourth-order valence-corrected chi connectivity index (χ4v) is 3.11. The maximum Gasteiger partial charge on any atom is 0.0797 e. The van der Waals surface area contributed by atoms with Crippen LogP contribution in [0, 0.1) is 0 Å². The van der Waals surface area contributed by atoms with Crippen LogP contribution in [0.15, 0.2) is 30.3 Å². The Hall–Kier alpha value is -0.860. The molecule has 0 bridgehead atoms. The molecule has 0 aliphatic heterocycles. The van der Waals surface area contributed by atoms with Crippen LogP contribution in [0.4, 0.5) is 0 Å². The Bertz CT molecular complexity index is 355. The second-order valence-electron chi connectivity index (χ2n) is 5.57. The van der Waals surface area contributed by atoms with Gasteiger partial charge in [0.25, 0.3) is 0 Å². The largest absolute Gasteiger partial charge is 0.388 e. The van der Waals surface area contributed by atoms with E-state index in [0.717, 1.165) is 32.2 Å². The van der Waals surface area contributed by atoms with Gasteiger partial charge >= 0.3 is 0 Å². The summed E-state index contributed by atoms with van der Waals surface area (Å²) in [6.07, 6.45) is 3.99. The van der Waals surface area contributed by atoms with Crippen LogP contribution in [0.1, 0.15) is 51.0 Å². The molecule has 100 valence electrons. The summed E-state index contributed by atoms with van der Waals surface area (Å²) in [5.41, 5.74) is 0.914. The Kier molecular flexibility index (Phi) is 4.41. The number of aliphatic hydroxyl groups is 1. The van der Waals surface area contributed by atoms with Gasteiger partial charge in [0.2, 0.25) is 0 Å². The van der Waals surface area contributed by atoms with Crippen molar-refractivity contribution in [1.82, 2.24) is 5.32 Å². The average Bonchev–Trinajstić information content (AvgIpc) is 2.41. The number of hydrogen-bond donors (Lipinski definition) is 2. The summed E-state index contributed by atoms with van der Waals surface area (Å²) in [7, 11) is 0. The van der Waals surface area contributed by atoms with Gasteiger partial charge in [0, 0.05) is 6.04 Å². The molecule has 0 spiro atoms. The minimum Gasteiger partial charge on any atom is -0.388 e. The Labute approximate surface area is 110 Å².